The third kappa shape index (κ3) is 4.51. The minimum atomic E-state index is -4.11. The number of nitrogens with two attached hydrogens (primary N) is 1. The van der Waals surface area contributed by atoms with E-state index >= 15 is 0 Å². The fourth-order valence-corrected chi connectivity index (χ4v) is 2.80. The molecular formula is C10H19F3N2S. The van der Waals surface area contributed by atoms with Crippen LogP contribution in [0.15, 0.2) is 0 Å². The molecule has 1 heterocycles. The Labute approximate surface area is 98.7 Å². The van der Waals surface area contributed by atoms with Crippen LogP contribution in [0.3, 0.4) is 0 Å². The summed E-state index contributed by atoms with van der Waals surface area (Å²) in [5.41, 5.74) is 1.53. The first-order valence-electron chi connectivity index (χ1n) is 5.60. The highest BCUT2D eigenvalue weighted by Gasteiger charge is 2.30. The molecule has 2 atom stereocenters. The summed E-state index contributed by atoms with van der Waals surface area (Å²) in [7, 11) is 0. The largest absolute Gasteiger partial charge is 0.441 e. The van der Waals surface area contributed by atoms with Crippen LogP contribution < -0.4 is 5.73 Å². The molecule has 1 saturated heterocycles. The zero-order valence-electron chi connectivity index (χ0n) is 9.46. The quantitative estimate of drug-likeness (QED) is 0.837. The van der Waals surface area contributed by atoms with Gasteiger partial charge in [0.25, 0.3) is 0 Å². The molecule has 0 aromatic carbocycles. The van der Waals surface area contributed by atoms with Crippen LogP contribution in [-0.2, 0) is 0 Å². The van der Waals surface area contributed by atoms with Crippen molar-refractivity contribution in [1.29, 1.82) is 0 Å². The second-order valence-electron chi connectivity index (χ2n) is 4.20. The lowest BCUT2D eigenvalue weighted by atomic mass is 9.97. The molecule has 0 bridgehead atoms. The van der Waals surface area contributed by atoms with Gasteiger partial charge in [0.05, 0.1) is 0 Å². The molecule has 0 amide bonds. The molecular weight excluding hydrogens is 237 g/mol. The molecule has 0 aliphatic carbocycles. The van der Waals surface area contributed by atoms with Crippen LogP contribution in [-0.4, -0.2) is 41.3 Å². The minimum absolute atomic E-state index is 0.0593. The van der Waals surface area contributed by atoms with Crippen LogP contribution in [0.25, 0.3) is 0 Å². The van der Waals surface area contributed by atoms with Crippen molar-refractivity contribution in [2.45, 2.75) is 43.8 Å². The zero-order valence-corrected chi connectivity index (χ0v) is 10.3. The number of piperidine rings is 1. The number of halogens is 3. The van der Waals surface area contributed by atoms with Crippen molar-refractivity contribution in [3.63, 3.8) is 0 Å². The Morgan fingerprint density at radius 2 is 2.06 bits per heavy atom. The van der Waals surface area contributed by atoms with Gasteiger partial charge in [-0.3, -0.25) is 4.90 Å². The van der Waals surface area contributed by atoms with Crippen molar-refractivity contribution in [2.75, 3.05) is 18.8 Å². The van der Waals surface area contributed by atoms with Gasteiger partial charge in [0.15, 0.2) is 0 Å². The third-order valence-corrected chi connectivity index (χ3v) is 3.80. The second-order valence-corrected chi connectivity index (χ2v) is 5.36. The van der Waals surface area contributed by atoms with E-state index in [1.165, 1.54) is 0 Å². The molecule has 1 aliphatic heterocycles. The fourth-order valence-electron chi connectivity index (χ4n) is 2.26. The van der Waals surface area contributed by atoms with Crippen molar-refractivity contribution in [3.05, 3.63) is 0 Å². The lowest BCUT2D eigenvalue weighted by molar-refractivity contribution is -0.0330. The minimum Gasteiger partial charge on any atom is -0.329 e. The van der Waals surface area contributed by atoms with Crippen LogP contribution >= 0.6 is 11.8 Å². The Bertz CT molecular complexity index is 211. The van der Waals surface area contributed by atoms with Crippen molar-refractivity contribution < 1.29 is 13.2 Å². The molecule has 96 valence electrons. The summed E-state index contributed by atoms with van der Waals surface area (Å²) in [6.45, 7) is 3.09. The van der Waals surface area contributed by atoms with Gasteiger partial charge in [0, 0.05) is 30.9 Å². The third-order valence-electron chi connectivity index (χ3n) is 3.08. The topological polar surface area (TPSA) is 29.3 Å². The maximum absolute atomic E-state index is 12.0. The first kappa shape index (κ1) is 14.1. The number of nitrogens with zero attached hydrogens (tertiary/aromatic N) is 1. The van der Waals surface area contributed by atoms with E-state index in [0.29, 0.717) is 19.1 Å². The molecule has 1 fully saturated rings. The van der Waals surface area contributed by atoms with Gasteiger partial charge in [-0.1, -0.05) is 6.42 Å². The highest BCUT2D eigenvalue weighted by atomic mass is 32.2. The molecule has 6 heteroatoms. The predicted octanol–water partition coefficient (Wildman–Crippen LogP) is 2.44. The molecule has 1 aliphatic rings. The van der Waals surface area contributed by atoms with Crippen molar-refractivity contribution in [3.8, 4) is 0 Å². The maximum atomic E-state index is 12.0. The molecule has 0 spiro atoms. The van der Waals surface area contributed by atoms with E-state index < -0.39 is 5.51 Å². The lowest BCUT2D eigenvalue weighted by Gasteiger charge is -2.40. The van der Waals surface area contributed by atoms with Gasteiger partial charge in [0.1, 0.15) is 0 Å². The summed E-state index contributed by atoms with van der Waals surface area (Å²) in [6.07, 6.45) is 3.21. The first-order valence-corrected chi connectivity index (χ1v) is 6.59. The standard InChI is InChI=1S/C10H19F3N2S/c1-8-3-2-4-9(7-14)15(8)5-6-16-10(11,12)13/h8-9H,2-7,14H2,1H3. The Morgan fingerprint density at radius 1 is 1.38 bits per heavy atom. The molecule has 0 aromatic heterocycles. The smallest absolute Gasteiger partial charge is 0.329 e. The SMILES string of the molecule is CC1CCCC(CN)N1CCSC(F)(F)F. The van der Waals surface area contributed by atoms with E-state index in [2.05, 4.69) is 11.8 Å². The van der Waals surface area contributed by atoms with Crippen LogP contribution in [0.4, 0.5) is 13.2 Å². The van der Waals surface area contributed by atoms with Crippen LogP contribution in [0.2, 0.25) is 0 Å². The van der Waals surface area contributed by atoms with E-state index in [9.17, 15) is 13.2 Å². The number of alkyl halides is 3. The van der Waals surface area contributed by atoms with Crippen molar-refractivity contribution in [1.82, 2.24) is 4.90 Å². The number of likely N-dealkylation sites (tertiary alicyclic amines) is 1. The van der Waals surface area contributed by atoms with Gasteiger partial charge < -0.3 is 5.73 Å². The number of hydrogen-bond donors (Lipinski definition) is 1. The van der Waals surface area contributed by atoms with E-state index in [4.69, 9.17) is 5.73 Å². The van der Waals surface area contributed by atoms with E-state index in [0.717, 1.165) is 19.3 Å². The molecule has 1 rings (SSSR count). The number of hydrogen-bond acceptors (Lipinski definition) is 3. The van der Waals surface area contributed by atoms with Crippen LogP contribution in [0, 0.1) is 0 Å². The van der Waals surface area contributed by atoms with Crippen molar-refractivity contribution in [2.24, 2.45) is 5.73 Å². The van der Waals surface area contributed by atoms with E-state index in [1.807, 2.05) is 0 Å². The average Bonchev–Trinajstić information content (AvgIpc) is 2.18. The molecule has 2 N–H and O–H groups in total. The van der Waals surface area contributed by atoms with E-state index in [1.54, 1.807) is 0 Å². The normalized spacial score (nSPS) is 28.3. The van der Waals surface area contributed by atoms with Crippen LogP contribution in [0.1, 0.15) is 26.2 Å². The van der Waals surface area contributed by atoms with Gasteiger partial charge in [-0.25, -0.2) is 0 Å². The molecule has 0 saturated carbocycles. The van der Waals surface area contributed by atoms with Gasteiger partial charge in [0.2, 0.25) is 0 Å². The summed E-state index contributed by atoms with van der Waals surface area (Å²) in [6, 6.07) is 0.619. The van der Waals surface area contributed by atoms with Gasteiger partial charge in [-0.2, -0.15) is 13.2 Å². The van der Waals surface area contributed by atoms with Crippen LogP contribution in [0.5, 0.6) is 0 Å². The summed E-state index contributed by atoms with van der Waals surface area (Å²) in [5.74, 6) is 0.102. The van der Waals surface area contributed by atoms with Gasteiger partial charge in [-0.05, 0) is 31.5 Å². The highest BCUT2D eigenvalue weighted by Crippen LogP contribution is 2.31. The summed E-state index contributed by atoms with van der Waals surface area (Å²) in [5, 5.41) is 0. The average molecular weight is 256 g/mol. The molecule has 2 unspecified atom stereocenters. The van der Waals surface area contributed by atoms with Gasteiger partial charge >= 0.3 is 5.51 Å². The highest BCUT2D eigenvalue weighted by molar-refractivity contribution is 8.00. The molecule has 16 heavy (non-hydrogen) atoms. The number of thioether (sulfide) groups is 1. The Morgan fingerprint density at radius 3 is 2.62 bits per heavy atom. The monoisotopic (exact) mass is 256 g/mol. The summed E-state index contributed by atoms with van der Waals surface area (Å²) < 4.78 is 36.0. The molecule has 0 radical (unpaired) electrons. The second kappa shape index (κ2) is 6.12. The van der Waals surface area contributed by atoms with E-state index in [-0.39, 0.29) is 23.6 Å². The maximum Gasteiger partial charge on any atom is 0.441 e. The lowest BCUT2D eigenvalue weighted by Crippen LogP contribution is -2.49. The molecule has 2 nitrogen and oxygen atoms in total. The zero-order chi connectivity index (χ0) is 12.2. The summed E-state index contributed by atoms with van der Waals surface area (Å²) in [4.78, 5) is 2.13. The Kier molecular flexibility index (Phi) is 5.40. The Hall–Kier alpha value is 0.0600. The summed E-state index contributed by atoms with van der Waals surface area (Å²) >= 11 is 0.0593. The first-order chi connectivity index (χ1) is 7.44. The van der Waals surface area contributed by atoms with Crippen molar-refractivity contribution >= 4 is 11.8 Å². The predicted molar refractivity (Wildman–Crippen MR) is 61.4 cm³/mol. The van der Waals surface area contributed by atoms with Gasteiger partial charge in [-0.15, -0.1) is 0 Å². The fraction of sp³-hybridized carbons (Fsp3) is 1.00. The number of rotatable bonds is 4. The molecule has 0 aromatic rings. The Balaban J connectivity index is 2.37.